The molecule has 0 saturated carbocycles. The molecule has 2 heterocycles. The minimum absolute atomic E-state index is 0.281. The van der Waals surface area contributed by atoms with Gasteiger partial charge in [0.25, 0.3) is 0 Å². The van der Waals surface area contributed by atoms with E-state index in [1.54, 1.807) is 18.2 Å². The molecule has 0 saturated heterocycles. The van der Waals surface area contributed by atoms with Crippen LogP contribution in [0.15, 0.2) is 29.2 Å². The van der Waals surface area contributed by atoms with E-state index >= 15 is 0 Å². The molecule has 0 radical (unpaired) electrons. The molecule has 0 atom stereocenters. The van der Waals surface area contributed by atoms with Gasteiger partial charge in [0.05, 0.1) is 4.90 Å². The molecule has 3 rings (SSSR count). The molecular weight excluding hydrogens is 312 g/mol. The fourth-order valence-corrected chi connectivity index (χ4v) is 3.83. The minimum Gasteiger partial charge on any atom is -0.311 e. The molecular formula is C16H22N4O2S. The number of fused-ring (bicyclic) bond motifs is 1. The lowest BCUT2D eigenvalue weighted by molar-refractivity contribution is 0.518. The minimum atomic E-state index is -3.45. The summed E-state index contributed by atoms with van der Waals surface area (Å²) in [6.07, 6.45) is 5.62. The van der Waals surface area contributed by atoms with Crippen molar-refractivity contribution in [1.82, 2.24) is 19.1 Å². The third-order valence-corrected chi connectivity index (χ3v) is 6.04. The van der Waals surface area contributed by atoms with Crippen LogP contribution in [0.5, 0.6) is 0 Å². The highest BCUT2D eigenvalue weighted by Gasteiger charge is 2.20. The van der Waals surface area contributed by atoms with Crippen molar-refractivity contribution in [2.24, 2.45) is 0 Å². The maximum atomic E-state index is 12.3. The van der Waals surface area contributed by atoms with Gasteiger partial charge in [-0.25, -0.2) is 12.7 Å². The smallest absolute Gasteiger partial charge is 0.242 e. The van der Waals surface area contributed by atoms with Crippen LogP contribution >= 0.6 is 0 Å². The molecule has 0 spiro atoms. The van der Waals surface area contributed by atoms with Crippen molar-refractivity contribution >= 4 is 10.0 Å². The van der Waals surface area contributed by atoms with Crippen LogP contribution in [0.1, 0.15) is 31.5 Å². The molecule has 7 heteroatoms. The van der Waals surface area contributed by atoms with E-state index in [1.807, 2.05) is 6.07 Å². The number of sulfonamides is 1. The van der Waals surface area contributed by atoms with E-state index in [0.29, 0.717) is 0 Å². The molecule has 23 heavy (non-hydrogen) atoms. The topological polar surface area (TPSA) is 68.1 Å². The van der Waals surface area contributed by atoms with E-state index in [9.17, 15) is 8.42 Å². The van der Waals surface area contributed by atoms with Crippen LogP contribution in [0, 0.1) is 0 Å². The third-order valence-electron chi connectivity index (χ3n) is 4.23. The average Bonchev–Trinajstić information content (AvgIpc) is 2.89. The Hall–Kier alpha value is -1.73. The molecule has 1 aromatic heterocycles. The predicted molar refractivity (Wildman–Crippen MR) is 88.5 cm³/mol. The number of aromatic nitrogens is 3. The van der Waals surface area contributed by atoms with Crippen molar-refractivity contribution in [2.75, 3.05) is 14.1 Å². The number of nitrogens with zero attached hydrogens (tertiary/aromatic N) is 4. The highest BCUT2D eigenvalue weighted by Crippen LogP contribution is 2.25. The summed E-state index contributed by atoms with van der Waals surface area (Å²) in [4.78, 5) is 0.281. The number of benzene rings is 1. The summed E-state index contributed by atoms with van der Waals surface area (Å²) in [6.45, 7) is 0.891. The summed E-state index contributed by atoms with van der Waals surface area (Å²) in [5, 5.41) is 8.64. The Bertz CT molecular complexity index is 796. The maximum absolute atomic E-state index is 12.3. The van der Waals surface area contributed by atoms with Gasteiger partial charge in [-0.05, 0) is 25.0 Å². The highest BCUT2D eigenvalue weighted by molar-refractivity contribution is 7.89. The molecule has 6 nitrogen and oxygen atoms in total. The zero-order chi connectivity index (χ0) is 16.4. The van der Waals surface area contributed by atoms with Gasteiger partial charge in [0.1, 0.15) is 5.82 Å². The summed E-state index contributed by atoms with van der Waals surface area (Å²) >= 11 is 0. The Morgan fingerprint density at radius 2 is 1.87 bits per heavy atom. The van der Waals surface area contributed by atoms with Crippen LogP contribution in [0.2, 0.25) is 0 Å². The van der Waals surface area contributed by atoms with Crippen LogP contribution in [-0.4, -0.2) is 41.6 Å². The molecule has 0 fully saturated rings. The first-order chi connectivity index (χ1) is 11.0. The van der Waals surface area contributed by atoms with Crippen molar-refractivity contribution in [3.8, 4) is 11.4 Å². The highest BCUT2D eigenvalue weighted by atomic mass is 32.2. The quantitative estimate of drug-likeness (QED) is 0.864. The zero-order valence-corrected chi connectivity index (χ0v) is 14.4. The van der Waals surface area contributed by atoms with Gasteiger partial charge < -0.3 is 4.57 Å². The second-order valence-electron chi connectivity index (χ2n) is 6.07. The molecule has 0 unspecified atom stereocenters. The fourth-order valence-electron chi connectivity index (χ4n) is 2.88. The van der Waals surface area contributed by atoms with E-state index in [-0.39, 0.29) is 4.90 Å². The van der Waals surface area contributed by atoms with E-state index in [4.69, 9.17) is 0 Å². The lowest BCUT2D eigenvalue weighted by Crippen LogP contribution is -2.22. The van der Waals surface area contributed by atoms with Gasteiger partial charge in [0.15, 0.2) is 5.82 Å². The first-order valence-electron chi connectivity index (χ1n) is 7.95. The normalized spacial score (nSPS) is 16.0. The molecule has 0 aliphatic carbocycles. The molecule has 1 aliphatic heterocycles. The fraction of sp³-hybridized carbons (Fsp3) is 0.500. The molecule has 1 aliphatic rings. The Morgan fingerprint density at radius 1 is 1.09 bits per heavy atom. The van der Waals surface area contributed by atoms with Gasteiger partial charge in [-0.2, -0.15) is 0 Å². The average molecular weight is 334 g/mol. The summed E-state index contributed by atoms with van der Waals surface area (Å²) in [6, 6.07) is 6.95. The Kier molecular flexibility index (Phi) is 4.50. The standard InChI is InChI=1S/C16H22N4O2S/c1-19(2)23(21,22)14-9-7-8-13(12-14)16-18-17-15-10-5-3-4-6-11-20(15)16/h7-9,12H,3-6,10-11H2,1-2H3. The van der Waals surface area contributed by atoms with Gasteiger partial charge in [-0.3, -0.25) is 0 Å². The molecule has 0 bridgehead atoms. The molecule has 0 amide bonds. The van der Waals surface area contributed by atoms with Gasteiger partial charge in [0.2, 0.25) is 10.0 Å². The van der Waals surface area contributed by atoms with Crippen molar-refractivity contribution in [2.45, 2.75) is 43.5 Å². The maximum Gasteiger partial charge on any atom is 0.242 e. The van der Waals surface area contributed by atoms with E-state index in [0.717, 1.165) is 43.0 Å². The number of hydrogen-bond donors (Lipinski definition) is 0. The predicted octanol–water partition coefficient (Wildman–Crippen LogP) is 2.31. The lowest BCUT2D eigenvalue weighted by atomic mass is 10.1. The van der Waals surface area contributed by atoms with Gasteiger partial charge in [-0.15, -0.1) is 10.2 Å². The van der Waals surface area contributed by atoms with Crippen molar-refractivity contribution in [1.29, 1.82) is 0 Å². The van der Waals surface area contributed by atoms with E-state index in [2.05, 4.69) is 14.8 Å². The van der Waals surface area contributed by atoms with Crippen LogP contribution in [0.3, 0.4) is 0 Å². The Morgan fingerprint density at radius 3 is 2.65 bits per heavy atom. The lowest BCUT2D eigenvalue weighted by Gasteiger charge is -2.15. The van der Waals surface area contributed by atoms with Crippen molar-refractivity contribution in [3.63, 3.8) is 0 Å². The zero-order valence-electron chi connectivity index (χ0n) is 13.6. The van der Waals surface area contributed by atoms with Crippen molar-refractivity contribution < 1.29 is 8.42 Å². The van der Waals surface area contributed by atoms with Crippen LogP contribution in [0.4, 0.5) is 0 Å². The molecule has 1 aromatic carbocycles. The number of rotatable bonds is 3. The van der Waals surface area contributed by atoms with Crippen LogP contribution < -0.4 is 0 Å². The number of hydrogen-bond acceptors (Lipinski definition) is 4. The number of aryl methyl sites for hydroxylation is 1. The van der Waals surface area contributed by atoms with Crippen LogP contribution in [0.25, 0.3) is 11.4 Å². The SMILES string of the molecule is CN(C)S(=O)(=O)c1cccc(-c2nnc3n2CCCCCC3)c1. The monoisotopic (exact) mass is 334 g/mol. The second kappa shape index (κ2) is 6.41. The Balaban J connectivity index is 2.03. The van der Waals surface area contributed by atoms with E-state index < -0.39 is 10.0 Å². The second-order valence-corrected chi connectivity index (χ2v) is 8.22. The first kappa shape index (κ1) is 16.1. The summed E-state index contributed by atoms with van der Waals surface area (Å²) in [7, 11) is -0.376. The molecule has 124 valence electrons. The summed E-state index contributed by atoms with van der Waals surface area (Å²) in [5.41, 5.74) is 0.798. The van der Waals surface area contributed by atoms with E-state index in [1.165, 1.54) is 31.2 Å². The van der Waals surface area contributed by atoms with Crippen LogP contribution in [-0.2, 0) is 23.0 Å². The van der Waals surface area contributed by atoms with Gasteiger partial charge in [-0.1, -0.05) is 25.0 Å². The first-order valence-corrected chi connectivity index (χ1v) is 9.39. The molecule has 2 aromatic rings. The Labute approximate surface area is 137 Å². The largest absolute Gasteiger partial charge is 0.311 e. The van der Waals surface area contributed by atoms with Crippen molar-refractivity contribution in [3.05, 3.63) is 30.1 Å². The van der Waals surface area contributed by atoms with Gasteiger partial charge >= 0.3 is 0 Å². The molecule has 0 N–H and O–H groups in total. The summed E-state index contributed by atoms with van der Waals surface area (Å²) < 4.78 is 28.0. The third kappa shape index (κ3) is 3.16. The van der Waals surface area contributed by atoms with Gasteiger partial charge in [0, 0.05) is 32.6 Å². The summed E-state index contributed by atoms with van der Waals surface area (Å²) in [5.74, 6) is 1.76.